The highest BCUT2D eigenvalue weighted by Gasteiger charge is 2.01. The van der Waals surface area contributed by atoms with Crippen LogP contribution in [0.3, 0.4) is 0 Å². The number of nitrogens with two attached hydrogens (primary N) is 1. The van der Waals surface area contributed by atoms with Gasteiger partial charge in [-0.1, -0.05) is 0 Å². The van der Waals surface area contributed by atoms with Crippen LogP contribution >= 0.6 is 0 Å². The Labute approximate surface area is 69.4 Å². The minimum atomic E-state index is -0.0748. The van der Waals surface area contributed by atoms with Gasteiger partial charge >= 0.3 is 0 Å². The molecule has 1 heterocycles. The van der Waals surface area contributed by atoms with Crippen molar-refractivity contribution >= 4 is 16.7 Å². The molecule has 0 unspecified atom stereocenters. The predicted molar refractivity (Wildman–Crippen MR) is 46.5 cm³/mol. The Hall–Kier alpha value is -1.48. The number of benzene rings is 1. The van der Waals surface area contributed by atoms with Crippen molar-refractivity contribution in [1.82, 2.24) is 0 Å². The summed E-state index contributed by atoms with van der Waals surface area (Å²) >= 11 is 0. The molecule has 1 aromatic carbocycles. The highest BCUT2D eigenvalue weighted by Crippen LogP contribution is 2.21. The lowest BCUT2D eigenvalue weighted by Crippen LogP contribution is -1.80. The van der Waals surface area contributed by atoms with Crippen molar-refractivity contribution in [1.29, 1.82) is 0 Å². The monoisotopic (exact) mass is 163 g/mol. The summed E-state index contributed by atoms with van der Waals surface area (Å²) in [6.07, 6.45) is 0. The first kappa shape index (κ1) is 7.18. The number of aliphatic hydroxyl groups excluding tert-OH is 1. The average molecular weight is 163 g/mol. The second kappa shape index (κ2) is 2.53. The van der Waals surface area contributed by atoms with E-state index >= 15 is 0 Å². The van der Waals surface area contributed by atoms with Gasteiger partial charge in [-0.15, -0.1) is 0 Å². The van der Waals surface area contributed by atoms with E-state index in [4.69, 9.17) is 15.3 Å². The lowest BCUT2D eigenvalue weighted by Gasteiger charge is -1.89. The number of nitrogen functional groups attached to an aromatic ring is 1. The summed E-state index contributed by atoms with van der Waals surface area (Å²) < 4.78 is 5.27. The molecule has 1 aromatic heterocycles. The zero-order chi connectivity index (χ0) is 8.55. The molecule has 0 amide bonds. The SMILES string of the molecule is Nc1ccc2oc(CO)cc2c1. The summed E-state index contributed by atoms with van der Waals surface area (Å²) in [6.45, 7) is -0.0748. The zero-order valence-corrected chi connectivity index (χ0v) is 6.45. The van der Waals surface area contributed by atoms with Crippen LogP contribution in [0.2, 0.25) is 0 Å². The quantitative estimate of drug-likeness (QED) is 0.626. The highest BCUT2D eigenvalue weighted by molar-refractivity contribution is 5.81. The van der Waals surface area contributed by atoms with Gasteiger partial charge in [-0.05, 0) is 24.3 Å². The van der Waals surface area contributed by atoms with Crippen LogP contribution in [0.5, 0.6) is 0 Å². The molecule has 12 heavy (non-hydrogen) atoms. The Bertz CT molecular complexity index is 406. The molecule has 2 rings (SSSR count). The van der Waals surface area contributed by atoms with E-state index in [0.717, 1.165) is 11.0 Å². The maximum atomic E-state index is 8.78. The molecule has 0 aliphatic carbocycles. The summed E-state index contributed by atoms with van der Waals surface area (Å²) in [4.78, 5) is 0. The lowest BCUT2D eigenvalue weighted by molar-refractivity contribution is 0.251. The third-order valence-electron chi connectivity index (χ3n) is 1.75. The molecule has 0 saturated carbocycles. The molecule has 0 atom stereocenters. The topological polar surface area (TPSA) is 59.4 Å². The van der Waals surface area contributed by atoms with Gasteiger partial charge in [-0.2, -0.15) is 0 Å². The molecule has 0 aliphatic heterocycles. The first-order valence-electron chi connectivity index (χ1n) is 3.68. The molecule has 0 saturated heterocycles. The van der Waals surface area contributed by atoms with Gasteiger partial charge in [0, 0.05) is 11.1 Å². The average Bonchev–Trinajstić information content (AvgIpc) is 2.46. The molecule has 0 bridgehead atoms. The van der Waals surface area contributed by atoms with Crippen molar-refractivity contribution in [3.8, 4) is 0 Å². The van der Waals surface area contributed by atoms with E-state index in [0.29, 0.717) is 11.4 Å². The van der Waals surface area contributed by atoms with Gasteiger partial charge < -0.3 is 15.3 Å². The molecule has 3 nitrogen and oxygen atoms in total. The van der Waals surface area contributed by atoms with Crippen molar-refractivity contribution in [2.75, 3.05) is 5.73 Å². The van der Waals surface area contributed by atoms with E-state index < -0.39 is 0 Å². The predicted octanol–water partition coefficient (Wildman–Crippen LogP) is 1.51. The Balaban J connectivity index is 2.67. The van der Waals surface area contributed by atoms with Gasteiger partial charge in [-0.3, -0.25) is 0 Å². The minimum absolute atomic E-state index is 0.0748. The Morgan fingerprint density at radius 2 is 2.17 bits per heavy atom. The lowest BCUT2D eigenvalue weighted by atomic mass is 10.2. The maximum absolute atomic E-state index is 8.78. The van der Waals surface area contributed by atoms with E-state index in [9.17, 15) is 0 Å². The summed E-state index contributed by atoms with van der Waals surface area (Å²) in [5.41, 5.74) is 7.03. The number of furan rings is 1. The van der Waals surface area contributed by atoms with Gasteiger partial charge in [0.2, 0.25) is 0 Å². The normalized spacial score (nSPS) is 10.8. The number of rotatable bonds is 1. The third-order valence-corrected chi connectivity index (χ3v) is 1.75. The van der Waals surface area contributed by atoms with Gasteiger partial charge in [0.1, 0.15) is 18.0 Å². The Morgan fingerprint density at radius 3 is 2.92 bits per heavy atom. The molecular formula is C9H9NO2. The smallest absolute Gasteiger partial charge is 0.134 e. The van der Waals surface area contributed by atoms with Crippen LogP contribution in [-0.2, 0) is 6.61 Å². The van der Waals surface area contributed by atoms with E-state index in [-0.39, 0.29) is 6.61 Å². The van der Waals surface area contributed by atoms with E-state index in [1.165, 1.54) is 0 Å². The van der Waals surface area contributed by atoms with Gasteiger partial charge in [0.05, 0.1) is 0 Å². The summed E-state index contributed by atoms with van der Waals surface area (Å²) in [6, 6.07) is 7.17. The molecule has 3 N–H and O–H groups in total. The van der Waals surface area contributed by atoms with Crippen LogP contribution < -0.4 is 5.73 Å². The van der Waals surface area contributed by atoms with Gasteiger partial charge in [0.15, 0.2) is 0 Å². The summed E-state index contributed by atoms with van der Waals surface area (Å²) in [5.74, 6) is 0.565. The van der Waals surface area contributed by atoms with E-state index in [1.54, 1.807) is 18.2 Å². The van der Waals surface area contributed by atoms with Crippen molar-refractivity contribution in [2.24, 2.45) is 0 Å². The van der Waals surface area contributed by atoms with Crippen molar-refractivity contribution < 1.29 is 9.52 Å². The van der Waals surface area contributed by atoms with Crippen LogP contribution in [0, 0.1) is 0 Å². The third kappa shape index (κ3) is 1.04. The zero-order valence-electron chi connectivity index (χ0n) is 6.45. The number of hydrogen-bond acceptors (Lipinski definition) is 3. The van der Waals surface area contributed by atoms with Crippen LogP contribution in [0.15, 0.2) is 28.7 Å². The second-order valence-electron chi connectivity index (χ2n) is 2.67. The van der Waals surface area contributed by atoms with E-state index in [2.05, 4.69) is 0 Å². The fourth-order valence-corrected chi connectivity index (χ4v) is 1.19. The summed E-state index contributed by atoms with van der Waals surface area (Å²) in [7, 11) is 0. The molecule has 2 aromatic rings. The molecular weight excluding hydrogens is 154 g/mol. The summed E-state index contributed by atoms with van der Waals surface area (Å²) in [5, 5.41) is 9.71. The van der Waals surface area contributed by atoms with Crippen LogP contribution in [0.25, 0.3) is 11.0 Å². The first-order chi connectivity index (χ1) is 5.79. The van der Waals surface area contributed by atoms with Gasteiger partial charge in [0.25, 0.3) is 0 Å². The van der Waals surface area contributed by atoms with Crippen LogP contribution in [-0.4, -0.2) is 5.11 Å². The molecule has 62 valence electrons. The van der Waals surface area contributed by atoms with Crippen molar-refractivity contribution in [3.63, 3.8) is 0 Å². The van der Waals surface area contributed by atoms with E-state index in [1.807, 2.05) is 6.07 Å². The Kier molecular flexibility index (Phi) is 1.52. The maximum Gasteiger partial charge on any atom is 0.134 e. The largest absolute Gasteiger partial charge is 0.459 e. The van der Waals surface area contributed by atoms with Crippen LogP contribution in [0.1, 0.15) is 5.76 Å². The molecule has 0 spiro atoms. The minimum Gasteiger partial charge on any atom is -0.459 e. The molecule has 3 heteroatoms. The second-order valence-corrected chi connectivity index (χ2v) is 2.67. The van der Waals surface area contributed by atoms with Crippen LogP contribution in [0.4, 0.5) is 5.69 Å². The molecule has 0 aliphatic rings. The van der Waals surface area contributed by atoms with Crippen molar-refractivity contribution in [2.45, 2.75) is 6.61 Å². The highest BCUT2D eigenvalue weighted by atomic mass is 16.4. The number of aliphatic hydroxyl groups is 1. The van der Waals surface area contributed by atoms with Crippen molar-refractivity contribution in [3.05, 3.63) is 30.0 Å². The number of fused-ring (bicyclic) bond motifs is 1. The fourth-order valence-electron chi connectivity index (χ4n) is 1.19. The number of hydrogen-bond donors (Lipinski definition) is 2. The number of anilines is 1. The standard InChI is InChI=1S/C9H9NO2/c10-7-1-2-9-6(3-7)4-8(5-11)12-9/h1-4,11H,5,10H2. The Morgan fingerprint density at radius 1 is 1.33 bits per heavy atom. The fraction of sp³-hybridized carbons (Fsp3) is 0.111. The van der Waals surface area contributed by atoms with Gasteiger partial charge in [-0.25, -0.2) is 0 Å². The molecule has 0 radical (unpaired) electrons. The molecule has 0 fully saturated rings. The first-order valence-corrected chi connectivity index (χ1v) is 3.68.